The molecule has 0 aromatic carbocycles. The molecule has 7 nitrogen and oxygen atoms in total. The molecule has 0 radical (unpaired) electrons. The Morgan fingerprint density at radius 2 is 2.30 bits per heavy atom. The number of hydrogen-bond donors (Lipinski definition) is 1. The zero-order valence-corrected chi connectivity index (χ0v) is 10.9. The van der Waals surface area contributed by atoms with Gasteiger partial charge in [-0.3, -0.25) is 4.79 Å². The van der Waals surface area contributed by atoms with Crippen LogP contribution in [0.4, 0.5) is 0 Å². The largest absolute Gasteiger partial charge is 0.395 e. The number of aliphatic hydroxyl groups is 1. The minimum atomic E-state index is -0.0841. The van der Waals surface area contributed by atoms with E-state index in [0.29, 0.717) is 17.9 Å². The molecular formula is C13H15N5O2. The van der Waals surface area contributed by atoms with E-state index in [0.717, 1.165) is 12.8 Å². The molecular weight excluding hydrogens is 258 g/mol. The summed E-state index contributed by atoms with van der Waals surface area (Å²) in [6, 6.07) is 3.72. The highest BCUT2D eigenvalue weighted by molar-refractivity contribution is 5.94. The van der Waals surface area contributed by atoms with Crippen molar-refractivity contribution in [3.63, 3.8) is 0 Å². The Kier molecular flexibility index (Phi) is 3.42. The standard InChI is InChI=1S/C13H15N5O2/c19-6-5-17(11-2-3-11)13(20)10-1-4-12(15-7-10)18-9-14-8-16-18/h1,4,7-9,11,19H,2-3,5-6H2. The lowest BCUT2D eigenvalue weighted by molar-refractivity contribution is 0.0707. The van der Waals surface area contributed by atoms with E-state index < -0.39 is 0 Å². The normalized spacial score (nSPS) is 14.2. The Labute approximate surface area is 115 Å². The summed E-state index contributed by atoms with van der Waals surface area (Å²) < 4.78 is 1.53. The van der Waals surface area contributed by atoms with Crippen molar-refractivity contribution in [2.24, 2.45) is 0 Å². The average Bonchev–Trinajstić information content (AvgIpc) is 3.17. The van der Waals surface area contributed by atoms with Crippen LogP contribution in [0.15, 0.2) is 31.0 Å². The van der Waals surface area contributed by atoms with Crippen molar-refractivity contribution in [1.82, 2.24) is 24.6 Å². The summed E-state index contributed by atoms with van der Waals surface area (Å²) in [5, 5.41) is 13.0. The van der Waals surface area contributed by atoms with Crippen LogP contribution in [-0.4, -0.2) is 54.9 Å². The molecule has 0 bridgehead atoms. The maximum atomic E-state index is 12.4. The Balaban J connectivity index is 1.78. The van der Waals surface area contributed by atoms with Gasteiger partial charge in [-0.2, -0.15) is 5.10 Å². The number of rotatable bonds is 5. The molecule has 1 aliphatic rings. The molecule has 2 aromatic rings. The van der Waals surface area contributed by atoms with Gasteiger partial charge in [0.2, 0.25) is 0 Å². The van der Waals surface area contributed by atoms with E-state index in [9.17, 15) is 4.79 Å². The molecule has 1 N–H and O–H groups in total. The predicted molar refractivity (Wildman–Crippen MR) is 70.3 cm³/mol. The number of hydrogen-bond acceptors (Lipinski definition) is 5. The Morgan fingerprint density at radius 3 is 2.85 bits per heavy atom. The lowest BCUT2D eigenvalue weighted by Crippen LogP contribution is -2.35. The monoisotopic (exact) mass is 273 g/mol. The first kappa shape index (κ1) is 12.7. The number of carbonyl (C=O) groups is 1. The molecule has 104 valence electrons. The first-order valence-corrected chi connectivity index (χ1v) is 6.52. The molecule has 0 aliphatic heterocycles. The third-order valence-corrected chi connectivity index (χ3v) is 3.24. The summed E-state index contributed by atoms with van der Waals surface area (Å²) in [4.78, 5) is 22.1. The van der Waals surface area contributed by atoms with Gasteiger partial charge in [-0.15, -0.1) is 0 Å². The topological polar surface area (TPSA) is 84.1 Å². The van der Waals surface area contributed by atoms with Gasteiger partial charge in [-0.25, -0.2) is 14.6 Å². The second-order valence-electron chi connectivity index (χ2n) is 4.70. The third-order valence-electron chi connectivity index (χ3n) is 3.24. The zero-order chi connectivity index (χ0) is 13.9. The van der Waals surface area contributed by atoms with E-state index in [2.05, 4.69) is 15.1 Å². The molecule has 1 saturated carbocycles. The van der Waals surface area contributed by atoms with Crippen molar-refractivity contribution in [1.29, 1.82) is 0 Å². The fourth-order valence-corrected chi connectivity index (χ4v) is 2.08. The molecule has 3 rings (SSSR count). The summed E-state index contributed by atoms with van der Waals surface area (Å²) in [5.74, 6) is 0.526. The number of amides is 1. The van der Waals surface area contributed by atoms with Crippen molar-refractivity contribution in [2.45, 2.75) is 18.9 Å². The minimum Gasteiger partial charge on any atom is -0.395 e. The molecule has 0 spiro atoms. The van der Waals surface area contributed by atoms with Gasteiger partial charge in [0.05, 0.1) is 12.2 Å². The molecule has 2 heterocycles. The second-order valence-corrected chi connectivity index (χ2v) is 4.70. The summed E-state index contributed by atoms with van der Waals surface area (Å²) in [6.07, 6.45) is 6.53. The molecule has 1 fully saturated rings. The smallest absolute Gasteiger partial charge is 0.255 e. The predicted octanol–water partition coefficient (Wildman–Crippen LogP) is 0.259. The van der Waals surface area contributed by atoms with Gasteiger partial charge in [0.15, 0.2) is 5.82 Å². The summed E-state index contributed by atoms with van der Waals surface area (Å²) >= 11 is 0. The molecule has 7 heteroatoms. The lowest BCUT2D eigenvalue weighted by Gasteiger charge is -2.21. The highest BCUT2D eigenvalue weighted by Crippen LogP contribution is 2.27. The first-order chi connectivity index (χ1) is 9.79. The highest BCUT2D eigenvalue weighted by Gasteiger charge is 2.32. The van der Waals surface area contributed by atoms with Gasteiger partial charge in [0, 0.05) is 18.8 Å². The molecule has 2 aromatic heterocycles. The maximum absolute atomic E-state index is 12.4. The van der Waals surface area contributed by atoms with Crippen LogP contribution in [0.25, 0.3) is 5.82 Å². The van der Waals surface area contributed by atoms with E-state index >= 15 is 0 Å². The quantitative estimate of drug-likeness (QED) is 0.844. The van der Waals surface area contributed by atoms with Gasteiger partial charge in [0.25, 0.3) is 5.91 Å². The van der Waals surface area contributed by atoms with E-state index in [-0.39, 0.29) is 18.6 Å². The van der Waals surface area contributed by atoms with Crippen LogP contribution in [0.3, 0.4) is 0 Å². The molecule has 1 amide bonds. The van der Waals surface area contributed by atoms with Crippen LogP contribution in [0.5, 0.6) is 0 Å². The van der Waals surface area contributed by atoms with Gasteiger partial charge in [0.1, 0.15) is 12.7 Å². The number of aromatic nitrogens is 4. The van der Waals surface area contributed by atoms with Crippen molar-refractivity contribution in [2.75, 3.05) is 13.2 Å². The first-order valence-electron chi connectivity index (χ1n) is 6.52. The van der Waals surface area contributed by atoms with Crippen LogP contribution in [0.2, 0.25) is 0 Å². The van der Waals surface area contributed by atoms with Gasteiger partial charge < -0.3 is 10.0 Å². The summed E-state index contributed by atoms with van der Waals surface area (Å²) in [5.41, 5.74) is 0.522. The average molecular weight is 273 g/mol. The van der Waals surface area contributed by atoms with E-state index in [4.69, 9.17) is 5.11 Å². The van der Waals surface area contributed by atoms with Crippen LogP contribution in [0.1, 0.15) is 23.2 Å². The Morgan fingerprint density at radius 1 is 1.45 bits per heavy atom. The van der Waals surface area contributed by atoms with E-state index in [1.807, 2.05) is 0 Å². The Bertz CT molecular complexity index is 577. The van der Waals surface area contributed by atoms with Gasteiger partial charge in [-0.05, 0) is 25.0 Å². The molecule has 0 saturated heterocycles. The summed E-state index contributed by atoms with van der Waals surface area (Å²) in [6.45, 7) is 0.348. The van der Waals surface area contributed by atoms with Crippen molar-refractivity contribution >= 4 is 5.91 Å². The van der Waals surface area contributed by atoms with Crippen LogP contribution in [-0.2, 0) is 0 Å². The molecule has 0 atom stereocenters. The summed E-state index contributed by atoms with van der Waals surface area (Å²) in [7, 11) is 0. The van der Waals surface area contributed by atoms with Crippen LogP contribution < -0.4 is 0 Å². The molecule has 0 unspecified atom stereocenters. The minimum absolute atomic E-state index is 0.0211. The number of aliphatic hydroxyl groups excluding tert-OH is 1. The number of pyridine rings is 1. The van der Waals surface area contributed by atoms with Crippen molar-refractivity contribution in [3.05, 3.63) is 36.5 Å². The SMILES string of the molecule is O=C(c1ccc(-n2cncn2)nc1)N(CCO)C1CC1. The van der Waals surface area contributed by atoms with Gasteiger partial charge >= 0.3 is 0 Å². The van der Waals surface area contributed by atoms with Crippen molar-refractivity contribution in [3.8, 4) is 5.82 Å². The van der Waals surface area contributed by atoms with E-state index in [1.165, 1.54) is 17.2 Å². The van der Waals surface area contributed by atoms with Crippen molar-refractivity contribution < 1.29 is 9.90 Å². The Hall–Kier alpha value is -2.28. The van der Waals surface area contributed by atoms with Gasteiger partial charge in [-0.1, -0.05) is 0 Å². The van der Waals surface area contributed by atoms with Crippen LogP contribution in [0, 0.1) is 0 Å². The second kappa shape index (κ2) is 5.38. The maximum Gasteiger partial charge on any atom is 0.255 e. The highest BCUT2D eigenvalue weighted by atomic mass is 16.3. The fraction of sp³-hybridized carbons (Fsp3) is 0.385. The zero-order valence-electron chi connectivity index (χ0n) is 10.9. The van der Waals surface area contributed by atoms with Crippen LogP contribution >= 0.6 is 0 Å². The van der Waals surface area contributed by atoms with E-state index in [1.54, 1.807) is 23.4 Å². The molecule has 20 heavy (non-hydrogen) atoms. The lowest BCUT2D eigenvalue weighted by atomic mass is 10.2. The third kappa shape index (κ3) is 2.53. The number of carbonyl (C=O) groups excluding carboxylic acids is 1. The number of nitrogens with zero attached hydrogens (tertiary/aromatic N) is 5. The fourth-order valence-electron chi connectivity index (χ4n) is 2.08. The molecule has 1 aliphatic carbocycles.